The van der Waals surface area contributed by atoms with Gasteiger partial charge < -0.3 is 4.90 Å². The van der Waals surface area contributed by atoms with E-state index in [4.69, 9.17) is 0 Å². The molecule has 2 amide bonds. The molecule has 1 aromatic carbocycles. The van der Waals surface area contributed by atoms with Crippen molar-refractivity contribution in [3.05, 3.63) is 83.6 Å². The first kappa shape index (κ1) is 17.6. The summed E-state index contributed by atoms with van der Waals surface area (Å²) in [6.45, 7) is 0.681. The minimum absolute atomic E-state index is 0.163. The quantitative estimate of drug-likeness (QED) is 0.760. The fraction of sp³-hybridized carbons (Fsp3) is 0.174. The monoisotopic (exact) mass is 387 g/mol. The van der Waals surface area contributed by atoms with Crippen molar-refractivity contribution in [2.45, 2.75) is 6.04 Å². The Balaban J connectivity index is 1.41. The highest BCUT2D eigenvalue weighted by Crippen LogP contribution is 2.43. The standard InChI is InChI=1S/C23H18FN3O2/c1-26-22(28)20-18-6-3-11-27(18)19(21(20)23(26)29)10-9-17-8-7-15(13-25-17)14-4-2-5-16(24)12-14/h2-10,12-13,19,21H,11H2,1H3. The van der Waals surface area contributed by atoms with Crippen molar-refractivity contribution in [3.8, 4) is 11.1 Å². The lowest BCUT2D eigenvalue weighted by molar-refractivity contribution is -0.137. The van der Waals surface area contributed by atoms with Crippen LogP contribution in [-0.4, -0.2) is 46.2 Å². The summed E-state index contributed by atoms with van der Waals surface area (Å²) in [5.41, 5.74) is 3.77. The van der Waals surface area contributed by atoms with Gasteiger partial charge in [-0.25, -0.2) is 4.39 Å². The van der Waals surface area contributed by atoms with Crippen molar-refractivity contribution in [3.63, 3.8) is 0 Å². The molecular formula is C23H18FN3O2. The Hall–Kier alpha value is -3.54. The molecule has 0 radical (unpaired) electrons. The molecule has 0 aliphatic carbocycles. The summed E-state index contributed by atoms with van der Waals surface area (Å²) in [5, 5.41) is 0. The lowest BCUT2D eigenvalue weighted by atomic mass is 9.95. The van der Waals surface area contributed by atoms with Crippen LogP contribution >= 0.6 is 0 Å². The van der Waals surface area contributed by atoms with Crippen LogP contribution in [0.5, 0.6) is 0 Å². The van der Waals surface area contributed by atoms with Gasteiger partial charge in [-0.15, -0.1) is 0 Å². The number of halogens is 1. The van der Waals surface area contributed by atoms with E-state index in [1.54, 1.807) is 12.3 Å². The second kappa shape index (κ2) is 6.51. The largest absolute Gasteiger partial charge is 0.360 e. The highest BCUT2D eigenvalue weighted by molar-refractivity contribution is 6.16. The molecule has 2 aromatic rings. The van der Waals surface area contributed by atoms with Crippen LogP contribution in [0.15, 0.2) is 72.1 Å². The summed E-state index contributed by atoms with van der Waals surface area (Å²) in [6.07, 6.45) is 9.44. The molecule has 29 heavy (non-hydrogen) atoms. The molecule has 0 spiro atoms. The van der Waals surface area contributed by atoms with Gasteiger partial charge in [-0.3, -0.25) is 19.5 Å². The number of nitrogens with zero attached hydrogens (tertiary/aromatic N) is 3. The molecule has 2 atom stereocenters. The second-order valence-electron chi connectivity index (χ2n) is 7.37. The average Bonchev–Trinajstić information content (AvgIpc) is 3.37. The third kappa shape index (κ3) is 2.71. The van der Waals surface area contributed by atoms with E-state index in [2.05, 4.69) is 9.88 Å². The van der Waals surface area contributed by atoms with E-state index < -0.39 is 5.92 Å². The lowest BCUT2D eigenvalue weighted by Gasteiger charge is -2.25. The zero-order chi connectivity index (χ0) is 20.1. The number of hydrogen-bond acceptors (Lipinski definition) is 4. The van der Waals surface area contributed by atoms with Gasteiger partial charge in [0.2, 0.25) is 5.91 Å². The van der Waals surface area contributed by atoms with Gasteiger partial charge in [-0.05, 0) is 35.9 Å². The van der Waals surface area contributed by atoms with Gasteiger partial charge in [-0.2, -0.15) is 0 Å². The maximum absolute atomic E-state index is 13.4. The molecule has 3 aliphatic heterocycles. The topological polar surface area (TPSA) is 53.5 Å². The number of aromatic nitrogens is 1. The summed E-state index contributed by atoms with van der Waals surface area (Å²) in [6, 6.07) is 9.92. The van der Waals surface area contributed by atoms with E-state index in [9.17, 15) is 14.0 Å². The van der Waals surface area contributed by atoms with Crippen molar-refractivity contribution < 1.29 is 14.0 Å². The fourth-order valence-corrected chi connectivity index (χ4v) is 4.27. The number of likely N-dealkylation sites (N-methyl/N-ethyl adjacent to an activating group) is 1. The Morgan fingerprint density at radius 2 is 2.03 bits per heavy atom. The minimum atomic E-state index is -0.463. The molecule has 5 nitrogen and oxygen atoms in total. The molecule has 1 fully saturated rings. The third-order valence-electron chi connectivity index (χ3n) is 5.72. The summed E-state index contributed by atoms with van der Waals surface area (Å²) in [7, 11) is 1.53. The van der Waals surface area contributed by atoms with Crippen LogP contribution in [0.3, 0.4) is 0 Å². The van der Waals surface area contributed by atoms with Crippen molar-refractivity contribution in [2.24, 2.45) is 5.92 Å². The van der Waals surface area contributed by atoms with E-state index in [0.29, 0.717) is 12.1 Å². The molecule has 0 N–H and O–H groups in total. The summed E-state index contributed by atoms with van der Waals surface area (Å²) in [5.74, 6) is -1.12. The lowest BCUT2D eigenvalue weighted by Crippen LogP contribution is -2.37. The Morgan fingerprint density at radius 3 is 2.79 bits per heavy atom. The molecule has 2 unspecified atom stereocenters. The molecule has 3 aliphatic rings. The van der Waals surface area contributed by atoms with Gasteiger partial charge in [0.25, 0.3) is 5.91 Å². The number of carbonyl (C=O) groups is 2. The third-order valence-corrected chi connectivity index (χ3v) is 5.72. The van der Waals surface area contributed by atoms with Gasteiger partial charge >= 0.3 is 0 Å². The Morgan fingerprint density at radius 1 is 1.17 bits per heavy atom. The molecule has 0 saturated carbocycles. The first-order valence-corrected chi connectivity index (χ1v) is 9.44. The predicted molar refractivity (Wildman–Crippen MR) is 107 cm³/mol. The number of benzene rings is 1. The number of carbonyl (C=O) groups excluding carboxylic acids is 2. The maximum Gasteiger partial charge on any atom is 0.259 e. The highest BCUT2D eigenvalue weighted by Gasteiger charge is 2.53. The van der Waals surface area contributed by atoms with Gasteiger partial charge in [0.1, 0.15) is 5.82 Å². The molecule has 1 aromatic heterocycles. The van der Waals surface area contributed by atoms with Crippen LogP contribution in [0.4, 0.5) is 4.39 Å². The van der Waals surface area contributed by atoms with E-state index in [1.165, 1.54) is 24.1 Å². The SMILES string of the molecule is CN1C(=O)C2=C3C=CCN3C(C=Cc3ccc(-c4cccc(F)c4)cn3)C2C1=O. The highest BCUT2D eigenvalue weighted by atomic mass is 19.1. The summed E-state index contributed by atoms with van der Waals surface area (Å²) < 4.78 is 13.4. The number of rotatable bonds is 3. The van der Waals surface area contributed by atoms with E-state index in [-0.39, 0.29) is 23.7 Å². The second-order valence-corrected chi connectivity index (χ2v) is 7.37. The molecule has 5 rings (SSSR count). The minimum Gasteiger partial charge on any atom is -0.360 e. The smallest absolute Gasteiger partial charge is 0.259 e. The zero-order valence-electron chi connectivity index (χ0n) is 15.7. The van der Waals surface area contributed by atoms with Gasteiger partial charge in [0.05, 0.1) is 23.2 Å². The van der Waals surface area contributed by atoms with Crippen LogP contribution in [0.1, 0.15) is 5.69 Å². The summed E-state index contributed by atoms with van der Waals surface area (Å²) >= 11 is 0. The van der Waals surface area contributed by atoms with Crippen LogP contribution in [0.25, 0.3) is 17.2 Å². The predicted octanol–water partition coefficient (Wildman–Crippen LogP) is 3.02. The Bertz CT molecular complexity index is 1120. The molecule has 4 heterocycles. The number of allylic oxidation sites excluding steroid dienone is 1. The molecule has 0 bridgehead atoms. The maximum atomic E-state index is 13.4. The Labute approximate surface area is 167 Å². The molecule has 144 valence electrons. The van der Waals surface area contributed by atoms with Crippen LogP contribution < -0.4 is 0 Å². The van der Waals surface area contributed by atoms with Crippen LogP contribution in [-0.2, 0) is 9.59 Å². The number of hydrogen-bond donors (Lipinski definition) is 0. The van der Waals surface area contributed by atoms with Crippen molar-refractivity contribution in [1.82, 2.24) is 14.8 Å². The number of fused-ring (bicyclic) bond motifs is 2. The van der Waals surface area contributed by atoms with E-state index in [0.717, 1.165) is 22.5 Å². The van der Waals surface area contributed by atoms with E-state index in [1.807, 2.05) is 42.5 Å². The van der Waals surface area contributed by atoms with Gasteiger partial charge in [0.15, 0.2) is 0 Å². The van der Waals surface area contributed by atoms with Crippen LogP contribution in [0, 0.1) is 11.7 Å². The normalized spacial score (nSPS) is 23.0. The van der Waals surface area contributed by atoms with Crippen molar-refractivity contribution in [2.75, 3.05) is 13.6 Å². The first-order valence-electron chi connectivity index (χ1n) is 9.44. The zero-order valence-corrected chi connectivity index (χ0v) is 15.7. The first-order chi connectivity index (χ1) is 14.0. The summed E-state index contributed by atoms with van der Waals surface area (Å²) in [4.78, 5) is 32.8. The van der Waals surface area contributed by atoms with Gasteiger partial charge in [0, 0.05) is 31.0 Å². The molecule has 1 saturated heterocycles. The van der Waals surface area contributed by atoms with Crippen LogP contribution in [0.2, 0.25) is 0 Å². The molecular weight excluding hydrogens is 369 g/mol. The average molecular weight is 387 g/mol. The fourth-order valence-electron chi connectivity index (χ4n) is 4.27. The van der Waals surface area contributed by atoms with Crippen molar-refractivity contribution in [1.29, 1.82) is 0 Å². The number of likely N-dealkylation sites (tertiary alicyclic amines) is 1. The number of imide groups is 1. The van der Waals surface area contributed by atoms with E-state index >= 15 is 0 Å². The van der Waals surface area contributed by atoms with Crippen molar-refractivity contribution >= 4 is 17.9 Å². The number of pyridine rings is 1. The number of amides is 2. The molecule has 6 heteroatoms. The van der Waals surface area contributed by atoms with Gasteiger partial charge in [-0.1, -0.05) is 30.4 Å². The Kier molecular flexibility index (Phi) is 3.94.